The molecule has 0 saturated carbocycles. The molecule has 0 atom stereocenters. The summed E-state index contributed by atoms with van der Waals surface area (Å²) in [4.78, 5) is 7.64. The van der Waals surface area contributed by atoms with E-state index in [1.807, 2.05) is 16.7 Å². The SMILES string of the molecule is COc1ccc2[nH]c(=S)n(Cc3cscc3C)c2n1. The van der Waals surface area contributed by atoms with Crippen molar-refractivity contribution in [3.63, 3.8) is 0 Å². The van der Waals surface area contributed by atoms with Gasteiger partial charge in [-0.25, -0.2) is 0 Å². The number of ether oxygens (including phenoxy) is 1. The summed E-state index contributed by atoms with van der Waals surface area (Å²) in [6.07, 6.45) is 0. The number of methoxy groups -OCH3 is 1. The lowest BCUT2D eigenvalue weighted by Crippen LogP contribution is -2.01. The van der Waals surface area contributed by atoms with Gasteiger partial charge in [-0.15, -0.1) is 0 Å². The fourth-order valence-electron chi connectivity index (χ4n) is 1.99. The highest BCUT2D eigenvalue weighted by atomic mass is 32.1. The molecule has 0 aliphatic rings. The molecular formula is C13H13N3OS2. The third-order valence-electron chi connectivity index (χ3n) is 3.09. The molecule has 0 fully saturated rings. The molecule has 0 aliphatic carbocycles. The molecule has 0 aliphatic heterocycles. The minimum absolute atomic E-state index is 0.595. The van der Waals surface area contributed by atoms with Gasteiger partial charge in [-0.2, -0.15) is 16.3 Å². The predicted octanol–water partition coefficient (Wildman–Crippen LogP) is 3.52. The van der Waals surface area contributed by atoms with Crippen LogP contribution < -0.4 is 4.74 Å². The Kier molecular flexibility index (Phi) is 3.12. The van der Waals surface area contributed by atoms with Crippen molar-refractivity contribution >= 4 is 34.7 Å². The van der Waals surface area contributed by atoms with Crippen LogP contribution in [0.25, 0.3) is 11.2 Å². The van der Waals surface area contributed by atoms with Crippen molar-refractivity contribution in [3.8, 4) is 5.88 Å². The Balaban J connectivity index is 2.14. The second-order valence-electron chi connectivity index (χ2n) is 4.32. The van der Waals surface area contributed by atoms with Crippen LogP contribution in [0.15, 0.2) is 22.9 Å². The predicted molar refractivity (Wildman–Crippen MR) is 79.6 cm³/mol. The van der Waals surface area contributed by atoms with Crippen LogP contribution in [0.1, 0.15) is 11.1 Å². The highest BCUT2D eigenvalue weighted by molar-refractivity contribution is 7.71. The minimum atomic E-state index is 0.595. The van der Waals surface area contributed by atoms with Gasteiger partial charge in [0.15, 0.2) is 10.4 Å². The van der Waals surface area contributed by atoms with E-state index >= 15 is 0 Å². The molecule has 3 rings (SSSR count). The molecule has 0 amide bonds. The van der Waals surface area contributed by atoms with Crippen LogP contribution in [0.2, 0.25) is 0 Å². The largest absolute Gasteiger partial charge is 0.481 e. The second kappa shape index (κ2) is 4.79. The maximum absolute atomic E-state index is 5.38. The van der Waals surface area contributed by atoms with Gasteiger partial charge in [0.25, 0.3) is 0 Å². The second-order valence-corrected chi connectivity index (χ2v) is 5.45. The quantitative estimate of drug-likeness (QED) is 0.751. The number of aryl methyl sites for hydroxylation is 1. The van der Waals surface area contributed by atoms with Gasteiger partial charge in [-0.3, -0.25) is 4.57 Å². The van der Waals surface area contributed by atoms with Crippen molar-refractivity contribution in [1.82, 2.24) is 14.5 Å². The number of aromatic amines is 1. The maximum atomic E-state index is 5.38. The lowest BCUT2D eigenvalue weighted by Gasteiger charge is -2.04. The summed E-state index contributed by atoms with van der Waals surface area (Å²) in [6, 6.07) is 3.77. The summed E-state index contributed by atoms with van der Waals surface area (Å²) >= 11 is 7.08. The summed E-state index contributed by atoms with van der Waals surface area (Å²) < 4.78 is 7.86. The van der Waals surface area contributed by atoms with Crippen LogP contribution in [0.3, 0.4) is 0 Å². The van der Waals surface area contributed by atoms with Crippen molar-refractivity contribution in [3.05, 3.63) is 38.8 Å². The van der Waals surface area contributed by atoms with Gasteiger partial charge in [-0.05, 0) is 47.1 Å². The first-order valence-electron chi connectivity index (χ1n) is 5.84. The number of nitrogens with zero attached hydrogens (tertiary/aromatic N) is 2. The Morgan fingerprint density at radius 1 is 1.42 bits per heavy atom. The molecule has 0 radical (unpaired) electrons. The average molecular weight is 291 g/mol. The lowest BCUT2D eigenvalue weighted by molar-refractivity contribution is 0.399. The van der Waals surface area contributed by atoms with E-state index < -0.39 is 0 Å². The van der Waals surface area contributed by atoms with E-state index in [0.29, 0.717) is 10.7 Å². The molecule has 3 aromatic rings. The van der Waals surface area contributed by atoms with Crippen LogP contribution in [-0.4, -0.2) is 21.6 Å². The van der Waals surface area contributed by atoms with Crippen molar-refractivity contribution < 1.29 is 4.74 Å². The number of rotatable bonds is 3. The summed E-state index contributed by atoms with van der Waals surface area (Å²) in [5.74, 6) is 0.595. The van der Waals surface area contributed by atoms with E-state index in [1.165, 1.54) is 11.1 Å². The standard InChI is InChI=1S/C13H13N3OS2/c1-8-6-19-7-9(8)5-16-12-10(14-13(16)18)3-4-11(15-12)17-2/h3-4,6-7H,5H2,1-2H3,(H,14,18). The third kappa shape index (κ3) is 2.17. The van der Waals surface area contributed by atoms with Gasteiger partial charge >= 0.3 is 0 Å². The van der Waals surface area contributed by atoms with Gasteiger partial charge in [0.05, 0.1) is 19.2 Å². The molecule has 3 aromatic heterocycles. The number of hydrogen-bond acceptors (Lipinski definition) is 4. The van der Waals surface area contributed by atoms with Crippen LogP contribution in [-0.2, 0) is 6.54 Å². The lowest BCUT2D eigenvalue weighted by atomic mass is 10.2. The zero-order chi connectivity index (χ0) is 13.4. The first-order chi connectivity index (χ1) is 9.19. The Bertz CT molecular complexity index is 785. The molecule has 98 valence electrons. The van der Waals surface area contributed by atoms with E-state index in [0.717, 1.165) is 17.7 Å². The van der Waals surface area contributed by atoms with Crippen molar-refractivity contribution in [2.24, 2.45) is 0 Å². The normalized spacial score (nSPS) is 11.1. The molecule has 0 spiro atoms. The van der Waals surface area contributed by atoms with E-state index in [1.54, 1.807) is 18.4 Å². The first kappa shape index (κ1) is 12.4. The Morgan fingerprint density at radius 2 is 2.26 bits per heavy atom. The Labute approximate surface area is 119 Å². The van der Waals surface area contributed by atoms with E-state index in [9.17, 15) is 0 Å². The van der Waals surface area contributed by atoms with Gasteiger partial charge in [0.1, 0.15) is 0 Å². The van der Waals surface area contributed by atoms with Crippen molar-refractivity contribution in [2.45, 2.75) is 13.5 Å². The van der Waals surface area contributed by atoms with E-state index in [2.05, 4.69) is 27.7 Å². The van der Waals surface area contributed by atoms with Gasteiger partial charge in [0.2, 0.25) is 5.88 Å². The summed E-state index contributed by atoms with van der Waals surface area (Å²) in [7, 11) is 1.61. The average Bonchev–Trinajstić information content (AvgIpc) is 2.94. The zero-order valence-corrected chi connectivity index (χ0v) is 12.3. The van der Waals surface area contributed by atoms with E-state index in [4.69, 9.17) is 17.0 Å². The highest BCUT2D eigenvalue weighted by Crippen LogP contribution is 2.20. The highest BCUT2D eigenvalue weighted by Gasteiger charge is 2.09. The van der Waals surface area contributed by atoms with Crippen LogP contribution in [0.4, 0.5) is 0 Å². The molecule has 4 nitrogen and oxygen atoms in total. The number of hydrogen-bond donors (Lipinski definition) is 1. The zero-order valence-electron chi connectivity index (χ0n) is 10.6. The Hall–Kier alpha value is -1.66. The van der Waals surface area contributed by atoms with Gasteiger partial charge in [-0.1, -0.05) is 0 Å². The van der Waals surface area contributed by atoms with Gasteiger partial charge < -0.3 is 9.72 Å². The summed E-state index contributed by atoms with van der Waals surface area (Å²) in [5, 5.41) is 4.29. The smallest absolute Gasteiger partial charge is 0.215 e. The number of imidazole rings is 1. The fraction of sp³-hybridized carbons (Fsp3) is 0.231. The molecule has 1 N–H and O–H groups in total. The van der Waals surface area contributed by atoms with Gasteiger partial charge in [0, 0.05) is 6.07 Å². The molecule has 0 unspecified atom stereocenters. The topological polar surface area (TPSA) is 42.8 Å². The molecule has 6 heteroatoms. The molecular weight excluding hydrogens is 278 g/mol. The molecule has 0 aromatic carbocycles. The summed E-state index contributed by atoms with van der Waals surface area (Å²) in [5.41, 5.74) is 4.31. The first-order valence-corrected chi connectivity index (χ1v) is 7.19. The summed E-state index contributed by atoms with van der Waals surface area (Å²) in [6.45, 7) is 2.84. The third-order valence-corrected chi connectivity index (χ3v) is 4.32. The monoisotopic (exact) mass is 291 g/mol. The number of nitrogens with one attached hydrogen (secondary N) is 1. The molecule has 0 bridgehead atoms. The number of pyridine rings is 1. The molecule has 19 heavy (non-hydrogen) atoms. The molecule has 3 heterocycles. The van der Waals surface area contributed by atoms with Crippen molar-refractivity contribution in [2.75, 3.05) is 7.11 Å². The number of fused-ring (bicyclic) bond motifs is 1. The maximum Gasteiger partial charge on any atom is 0.215 e. The fourth-order valence-corrected chi connectivity index (χ4v) is 3.10. The number of aromatic nitrogens is 3. The van der Waals surface area contributed by atoms with Crippen LogP contribution >= 0.6 is 23.6 Å². The molecule has 0 saturated heterocycles. The number of thiophene rings is 1. The van der Waals surface area contributed by atoms with Crippen molar-refractivity contribution in [1.29, 1.82) is 0 Å². The number of H-pyrrole nitrogens is 1. The van der Waals surface area contributed by atoms with Crippen LogP contribution in [0, 0.1) is 11.7 Å². The minimum Gasteiger partial charge on any atom is -0.481 e. The Morgan fingerprint density at radius 3 is 2.95 bits per heavy atom. The van der Waals surface area contributed by atoms with E-state index in [-0.39, 0.29) is 0 Å². The van der Waals surface area contributed by atoms with Crippen LogP contribution in [0.5, 0.6) is 5.88 Å².